The first-order chi connectivity index (χ1) is 8.08. The molecule has 1 aromatic heterocycles. The number of thioether (sulfide) groups is 1. The van der Waals surface area contributed by atoms with Gasteiger partial charge in [0.25, 0.3) is 0 Å². The van der Waals surface area contributed by atoms with Crippen molar-refractivity contribution in [1.29, 1.82) is 0 Å². The number of aliphatic carboxylic acids is 1. The minimum atomic E-state index is -0.847. The summed E-state index contributed by atoms with van der Waals surface area (Å²) in [6, 6.07) is 4.41. The standard InChI is InChI=1S/C11H11FN2O2S/c1-14-9-4-7(12)2-3-8(9)13-10(14)5-17-6-11(15)16/h2-4H,5-6H2,1H3,(H,15,16). The van der Waals surface area contributed by atoms with Crippen LogP contribution in [-0.2, 0) is 17.6 Å². The number of imidazole rings is 1. The lowest BCUT2D eigenvalue weighted by atomic mass is 10.3. The van der Waals surface area contributed by atoms with Gasteiger partial charge in [-0.3, -0.25) is 4.79 Å². The summed E-state index contributed by atoms with van der Waals surface area (Å²) < 4.78 is 14.8. The fraction of sp³-hybridized carbons (Fsp3) is 0.273. The highest BCUT2D eigenvalue weighted by molar-refractivity contribution is 7.99. The van der Waals surface area contributed by atoms with Gasteiger partial charge < -0.3 is 9.67 Å². The number of nitrogens with zero attached hydrogens (tertiary/aromatic N) is 2. The Labute approximate surface area is 101 Å². The van der Waals surface area contributed by atoms with Crippen molar-refractivity contribution in [3.63, 3.8) is 0 Å². The summed E-state index contributed by atoms with van der Waals surface area (Å²) in [6.45, 7) is 0. The monoisotopic (exact) mass is 254 g/mol. The number of rotatable bonds is 4. The molecular weight excluding hydrogens is 243 g/mol. The van der Waals surface area contributed by atoms with Gasteiger partial charge in [0.05, 0.1) is 22.5 Å². The molecule has 0 fully saturated rings. The third kappa shape index (κ3) is 2.58. The predicted molar refractivity (Wildman–Crippen MR) is 64.5 cm³/mol. The maximum absolute atomic E-state index is 13.1. The van der Waals surface area contributed by atoms with E-state index in [4.69, 9.17) is 5.11 Å². The summed E-state index contributed by atoms with van der Waals surface area (Å²) in [4.78, 5) is 14.7. The molecule has 1 N–H and O–H groups in total. The van der Waals surface area contributed by atoms with Crippen molar-refractivity contribution in [2.45, 2.75) is 5.75 Å². The first-order valence-corrected chi connectivity index (χ1v) is 6.14. The van der Waals surface area contributed by atoms with Crippen LogP contribution in [0.15, 0.2) is 18.2 Å². The van der Waals surface area contributed by atoms with Gasteiger partial charge in [0.1, 0.15) is 11.6 Å². The summed E-state index contributed by atoms with van der Waals surface area (Å²) in [5.41, 5.74) is 1.44. The molecule has 0 aliphatic rings. The molecule has 1 heterocycles. The zero-order valence-electron chi connectivity index (χ0n) is 9.18. The average molecular weight is 254 g/mol. The molecule has 0 radical (unpaired) electrons. The quantitative estimate of drug-likeness (QED) is 0.907. The number of hydrogen-bond donors (Lipinski definition) is 1. The van der Waals surface area contributed by atoms with E-state index in [0.29, 0.717) is 5.75 Å². The number of carbonyl (C=O) groups is 1. The molecule has 0 aliphatic heterocycles. The Hall–Kier alpha value is -1.56. The normalized spacial score (nSPS) is 10.9. The van der Waals surface area contributed by atoms with E-state index < -0.39 is 5.97 Å². The molecule has 0 bridgehead atoms. The van der Waals surface area contributed by atoms with Crippen LogP contribution in [0.4, 0.5) is 4.39 Å². The SMILES string of the molecule is Cn1c(CSCC(=O)O)nc2ccc(F)cc21. The van der Waals surface area contributed by atoms with E-state index in [2.05, 4.69) is 4.98 Å². The number of benzene rings is 1. The minimum absolute atomic E-state index is 0.0393. The van der Waals surface area contributed by atoms with Gasteiger partial charge in [-0.05, 0) is 18.2 Å². The molecule has 6 heteroatoms. The minimum Gasteiger partial charge on any atom is -0.481 e. The fourth-order valence-electron chi connectivity index (χ4n) is 1.57. The maximum Gasteiger partial charge on any atom is 0.313 e. The number of aromatic nitrogens is 2. The van der Waals surface area contributed by atoms with Crippen LogP contribution in [0.2, 0.25) is 0 Å². The highest BCUT2D eigenvalue weighted by Gasteiger charge is 2.09. The van der Waals surface area contributed by atoms with Gasteiger partial charge in [-0.15, -0.1) is 11.8 Å². The summed E-state index contributed by atoms with van der Waals surface area (Å²) in [5, 5.41) is 8.54. The Morgan fingerprint density at radius 1 is 1.59 bits per heavy atom. The smallest absolute Gasteiger partial charge is 0.313 e. The van der Waals surface area contributed by atoms with Crippen LogP contribution >= 0.6 is 11.8 Å². The summed E-state index contributed by atoms with van der Waals surface area (Å²) in [6.07, 6.45) is 0. The zero-order chi connectivity index (χ0) is 12.4. The Morgan fingerprint density at radius 2 is 2.35 bits per heavy atom. The second-order valence-corrected chi connectivity index (χ2v) is 4.59. The van der Waals surface area contributed by atoms with E-state index in [1.54, 1.807) is 17.7 Å². The van der Waals surface area contributed by atoms with Gasteiger partial charge >= 0.3 is 5.97 Å². The third-order valence-electron chi connectivity index (χ3n) is 2.39. The lowest BCUT2D eigenvalue weighted by molar-refractivity contribution is -0.133. The Kier molecular flexibility index (Phi) is 3.33. The first kappa shape index (κ1) is 11.9. The summed E-state index contributed by atoms with van der Waals surface area (Å²) in [7, 11) is 1.80. The van der Waals surface area contributed by atoms with Crippen molar-refractivity contribution in [3.05, 3.63) is 29.8 Å². The number of carboxylic acids is 1. The van der Waals surface area contributed by atoms with Crippen molar-refractivity contribution >= 4 is 28.8 Å². The van der Waals surface area contributed by atoms with Crippen molar-refractivity contribution < 1.29 is 14.3 Å². The third-order valence-corrected chi connectivity index (χ3v) is 3.31. The Bertz CT molecular complexity index is 568. The lowest BCUT2D eigenvalue weighted by Crippen LogP contribution is -2.01. The second-order valence-electron chi connectivity index (χ2n) is 3.61. The Balaban J connectivity index is 2.23. The fourth-order valence-corrected chi connectivity index (χ4v) is 2.29. The number of carboxylic acid groups (broad SMARTS) is 1. The first-order valence-electron chi connectivity index (χ1n) is 4.98. The van der Waals surface area contributed by atoms with E-state index in [1.165, 1.54) is 23.9 Å². The number of aryl methyl sites for hydroxylation is 1. The van der Waals surface area contributed by atoms with Gasteiger partial charge in [0, 0.05) is 7.05 Å². The largest absolute Gasteiger partial charge is 0.481 e. The molecule has 90 valence electrons. The molecule has 2 aromatic rings. The van der Waals surface area contributed by atoms with Gasteiger partial charge in [0.2, 0.25) is 0 Å². The Morgan fingerprint density at radius 3 is 3.06 bits per heavy atom. The topological polar surface area (TPSA) is 55.1 Å². The molecular formula is C11H11FN2O2S. The van der Waals surface area contributed by atoms with Crippen molar-refractivity contribution in [1.82, 2.24) is 9.55 Å². The predicted octanol–water partition coefficient (Wildman–Crippen LogP) is 2.03. The van der Waals surface area contributed by atoms with Crippen molar-refractivity contribution in [2.24, 2.45) is 7.05 Å². The molecule has 0 spiro atoms. The van der Waals surface area contributed by atoms with E-state index in [9.17, 15) is 9.18 Å². The molecule has 0 aliphatic carbocycles. The van der Waals surface area contributed by atoms with Gasteiger partial charge in [-0.25, -0.2) is 9.37 Å². The highest BCUT2D eigenvalue weighted by Crippen LogP contribution is 2.19. The molecule has 0 unspecified atom stereocenters. The van der Waals surface area contributed by atoms with E-state index >= 15 is 0 Å². The number of fused-ring (bicyclic) bond motifs is 1. The molecule has 2 rings (SSSR count). The van der Waals surface area contributed by atoms with Crippen molar-refractivity contribution in [3.8, 4) is 0 Å². The van der Waals surface area contributed by atoms with E-state index in [0.717, 1.165) is 16.9 Å². The average Bonchev–Trinajstić information content (AvgIpc) is 2.56. The molecule has 0 amide bonds. The van der Waals surface area contributed by atoms with Crippen molar-refractivity contribution in [2.75, 3.05) is 5.75 Å². The van der Waals surface area contributed by atoms with Crippen LogP contribution in [0, 0.1) is 5.82 Å². The van der Waals surface area contributed by atoms with E-state index in [-0.39, 0.29) is 11.6 Å². The molecule has 17 heavy (non-hydrogen) atoms. The van der Waals surface area contributed by atoms with Gasteiger partial charge in [-0.2, -0.15) is 0 Å². The second kappa shape index (κ2) is 4.75. The molecule has 0 saturated heterocycles. The molecule has 0 atom stereocenters. The summed E-state index contributed by atoms with van der Waals surface area (Å²) >= 11 is 1.27. The maximum atomic E-state index is 13.1. The van der Waals surface area contributed by atoms with Crippen LogP contribution in [0.5, 0.6) is 0 Å². The molecule has 4 nitrogen and oxygen atoms in total. The van der Waals surface area contributed by atoms with Gasteiger partial charge in [-0.1, -0.05) is 0 Å². The van der Waals surface area contributed by atoms with Gasteiger partial charge in [0.15, 0.2) is 0 Å². The van der Waals surface area contributed by atoms with E-state index in [1.807, 2.05) is 0 Å². The highest BCUT2D eigenvalue weighted by atomic mass is 32.2. The zero-order valence-corrected chi connectivity index (χ0v) is 10.00. The van der Waals surface area contributed by atoms with Crippen LogP contribution in [0.25, 0.3) is 11.0 Å². The van der Waals surface area contributed by atoms with Crippen LogP contribution in [-0.4, -0.2) is 26.4 Å². The van der Waals surface area contributed by atoms with Crippen LogP contribution in [0.1, 0.15) is 5.82 Å². The lowest BCUT2D eigenvalue weighted by Gasteiger charge is -2.00. The van der Waals surface area contributed by atoms with Crippen LogP contribution < -0.4 is 0 Å². The molecule has 0 saturated carbocycles. The molecule has 1 aromatic carbocycles. The summed E-state index contributed by atoms with van der Waals surface area (Å²) in [5.74, 6) is 0.137. The van der Waals surface area contributed by atoms with Crippen LogP contribution in [0.3, 0.4) is 0 Å². The number of halogens is 1. The number of hydrogen-bond acceptors (Lipinski definition) is 3.